The van der Waals surface area contributed by atoms with Crippen molar-refractivity contribution in [3.8, 4) is 11.8 Å². The molecule has 6 nitrogen and oxygen atoms in total. The Bertz CT molecular complexity index is 633. The van der Waals surface area contributed by atoms with E-state index in [1.54, 1.807) is 14.0 Å². The smallest absolute Gasteiger partial charge is 0.276 e. The van der Waals surface area contributed by atoms with Gasteiger partial charge in [-0.2, -0.15) is 5.26 Å². The van der Waals surface area contributed by atoms with Gasteiger partial charge in [0.1, 0.15) is 11.3 Å². The average molecular weight is 345 g/mol. The van der Waals surface area contributed by atoms with E-state index in [2.05, 4.69) is 22.4 Å². The molecule has 2 rings (SSSR count). The average Bonchev–Trinajstić information content (AvgIpc) is 2.62. The normalized spacial score (nSPS) is 17.7. The van der Waals surface area contributed by atoms with Crippen LogP contribution in [-0.4, -0.2) is 51.3 Å². The summed E-state index contributed by atoms with van der Waals surface area (Å²) in [5.41, 5.74) is 0.346. The first-order valence-corrected chi connectivity index (χ1v) is 8.83. The number of methoxy groups -OCH3 is 1. The van der Waals surface area contributed by atoms with Gasteiger partial charge in [0.15, 0.2) is 6.54 Å². The maximum Gasteiger partial charge on any atom is 0.276 e. The molecule has 1 aliphatic rings. The van der Waals surface area contributed by atoms with Crippen LogP contribution in [0, 0.1) is 17.2 Å². The quantitative estimate of drug-likeness (QED) is 0.786. The number of nitrogens with one attached hydrogen (secondary N) is 2. The van der Waals surface area contributed by atoms with Crippen LogP contribution in [0.25, 0.3) is 0 Å². The van der Waals surface area contributed by atoms with Gasteiger partial charge in [-0.15, -0.1) is 0 Å². The number of quaternary nitrogens is 1. The van der Waals surface area contributed by atoms with E-state index in [-0.39, 0.29) is 11.8 Å². The number of carbonyl (C=O) groups is 1. The summed E-state index contributed by atoms with van der Waals surface area (Å²) >= 11 is 0. The third-order valence-electron chi connectivity index (χ3n) is 5.09. The van der Waals surface area contributed by atoms with Gasteiger partial charge in [-0.3, -0.25) is 4.79 Å². The fraction of sp³-hybridized carbons (Fsp3) is 0.579. The number of carbonyl (C=O) groups excluding carboxylic acids is 1. The fourth-order valence-corrected chi connectivity index (χ4v) is 2.93. The largest absolute Gasteiger partial charge is 0.497 e. The van der Waals surface area contributed by atoms with Crippen LogP contribution in [0.5, 0.6) is 5.75 Å². The molecule has 1 aromatic carbocycles. The standard InChI is InChI=1S/C19H28N4O2/c1-15(2)19(3,14-20)21-18(24)13-22-8-10-23(11-9-22)16-6-5-7-17(12-16)25-4/h5-7,12,15H,8-11,13H2,1-4H3,(H,21,24)/p+1/t19-/m0/s1. The molecule has 0 bridgehead atoms. The summed E-state index contributed by atoms with van der Waals surface area (Å²) in [6.07, 6.45) is 0. The predicted molar refractivity (Wildman–Crippen MR) is 97.8 cm³/mol. The number of anilines is 1. The number of hydrogen-bond acceptors (Lipinski definition) is 4. The zero-order valence-electron chi connectivity index (χ0n) is 15.6. The summed E-state index contributed by atoms with van der Waals surface area (Å²) in [7, 11) is 1.67. The van der Waals surface area contributed by atoms with Crippen LogP contribution in [0.4, 0.5) is 5.69 Å². The Morgan fingerprint density at radius 2 is 2.12 bits per heavy atom. The van der Waals surface area contributed by atoms with Gasteiger partial charge in [0, 0.05) is 11.8 Å². The van der Waals surface area contributed by atoms with Gasteiger partial charge in [0.2, 0.25) is 0 Å². The van der Waals surface area contributed by atoms with Crippen molar-refractivity contribution in [1.29, 1.82) is 5.26 Å². The van der Waals surface area contributed by atoms with Crippen molar-refractivity contribution in [3.63, 3.8) is 0 Å². The van der Waals surface area contributed by atoms with Crippen LogP contribution in [0.3, 0.4) is 0 Å². The summed E-state index contributed by atoms with van der Waals surface area (Å²) in [4.78, 5) is 15.9. The number of hydrogen-bond donors (Lipinski definition) is 2. The van der Waals surface area contributed by atoms with Crippen molar-refractivity contribution in [2.75, 3.05) is 44.7 Å². The lowest BCUT2D eigenvalue weighted by atomic mass is 9.90. The number of amides is 1. The molecule has 0 aromatic heterocycles. The second-order valence-corrected chi connectivity index (χ2v) is 7.13. The number of piperazine rings is 1. The van der Waals surface area contributed by atoms with E-state index in [1.807, 2.05) is 32.0 Å². The predicted octanol–water partition coefficient (Wildman–Crippen LogP) is 0.455. The minimum absolute atomic E-state index is 0.0532. The van der Waals surface area contributed by atoms with E-state index >= 15 is 0 Å². The lowest BCUT2D eigenvalue weighted by Crippen LogP contribution is -3.16. The van der Waals surface area contributed by atoms with Gasteiger partial charge in [-0.25, -0.2) is 0 Å². The Morgan fingerprint density at radius 3 is 2.68 bits per heavy atom. The molecule has 1 aliphatic heterocycles. The van der Waals surface area contributed by atoms with Crippen LogP contribution in [0.2, 0.25) is 0 Å². The number of nitrogens with zero attached hydrogens (tertiary/aromatic N) is 2. The molecule has 1 amide bonds. The van der Waals surface area contributed by atoms with Gasteiger partial charge in [-0.1, -0.05) is 19.9 Å². The van der Waals surface area contributed by atoms with Crippen molar-refractivity contribution in [1.82, 2.24) is 5.32 Å². The van der Waals surface area contributed by atoms with E-state index < -0.39 is 5.54 Å². The molecule has 0 aliphatic carbocycles. The van der Waals surface area contributed by atoms with Crippen molar-refractivity contribution >= 4 is 11.6 Å². The first-order chi connectivity index (χ1) is 11.9. The fourth-order valence-electron chi connectivity index (χ4n) is 2.93. The molecule has 0 radical (unpaired) electrons. The molecule has 1 fully saturated rings. The number of ether oxygens (including phenoxy) is 1. The van der Waals surface area contributed by atoms with E-state index in [9.17, 15) is 10.1 Å². The summed E-state index contributed by atoms with van der Waals surface area (Å²) in [6, 6.07) is 10.3. The highest BCUT2D eigenvalue weighted by Crippen LogP contribution is 2.20. The van der Waals surface area contributed by atoms with Crippen LogP contribution in [0.15, 0.2) is 24.3 Å². The highest BCUT2D eigenvalue weighted by atomic mass is 16.5. The Morgan fingerprint density at radius 1 is 1.44 bits per heavy atom. The number of rotatable bonds is 6. The molecule has 6 heteroatoms. The highest BCUT2D eigenvalue weighted by molar-refractivity contribution is 5.78. The van der Waals surface area contributed by atoms with Crippen LogP contribution in [-0.2, 0) is 4.79 Å². The Balaban J connectivity index is 1.86. The van der Waals surface area contributed by atoms with E-state index in [0.29, 0.717) is 6.54 Å². The molecule has 136 valence electrons. The molecule has 25 heavy (non-hydrogen) atoms. The third-order valence-corrected chi connectivity index (χ3v) is 5.09. The molecule has 1 aromatic rings. The summed E-state index contributed by atoms with van der Waals surface area (Å²) in [6.45, 7) is 9.68. The van der Waals surface area contributed by atoms with E-state index in [4.69, 9.17) is 4.74 Å². The van der Waals surface area contributed by atoms with Crippen LogP contribution in [0.1, 0.15) is 20.8 Å². The van der Waals surface area contributed by atoms with Crippen molar-refractivity contribution in [2.24, 2.45) is 5.92 Å². The maximum absolute atomic E-state index is 12.3. The van der Waals surface area contributed by atoms with E-state index in [0.717, 1.165) is 37.6 Å². The zero-order valence-corrected chi connectivity index (χ0v) is 15.6. The van der Waals surface area contributed by atoms with Crippen LogP contribution >= 0.6 is 0 Å². The minimum Gasteiger partial charge on any atom is -0.497 e. The molecule has 0 spiro atoms. The zero-order chi connectivity index (χ0) is 18.4. The third kappa shape index (κ3) is 4.86. The maximum atomic E-state index is 12.3. The molecular weight excluding hydrogens is 316 g/mol. The lowest BCUT2D eigenvalue weighted by molar-refractivity contribution is -0.892. The Kier molecular flexibility index (Phi) is 6.27. The number of benzene rings is 1. The molecule has 0 unspecified atom stereocenters. The van der Waals surface area contributed by atoms with Crippen molar-refractivity contribution in [3.05, 3.63) is 24.3 Å². The first-order valence-electron chi connectivity index (χ1n) is 8.83. The van der Waals surface area contributed by atoms with Crippen LogP contribution < -0.4 is 19.9 Å². The lowest BCUT2D eigenvalue weighted by Gasteiger charge is -2.34. The van der Waals surface area contributed by atoms with Gasteiger partial charge in [-0.05, 0) is 25.0 Å². The molecular formula is C19H29N4O2+. The molecule has 1 saturated heterocycles. The second kappa shape index (κ2) is 8.21. The summed E-state index contributed by atoms with van der Waals surface area (Å²) in [5.74, 6) is 0.875. The molecule has 0 saturated carbocycles. The molecule has 1 heterocycles. The Labute approximate surface area is 150 Å². The summed E-state index contributed by atoms with van der Waals surface area (Å²) < 4.78 is 5.28. The van der Waals surface area contributed by atoms with Crippen molar-refractivity contribution < 1.29 is 14.4 Å². The summed E-state index contributed by atoms with van der Waals surface area (Å²) in [5, 5.41) is 12.2. The number of nitriles is 1. The molecule has 1 atom stereocenters. The topological polar surface area (TPSA) is 69.8 Å². The first kappa shape index (κ1) is 19.1. The van der Waals surface area contributed by atoms with Gasteiger partial charge in [0.25, 0.3) is 5.91 Å². The minimum atomic E-state index is -0.807. The van der Waals surface area contributed by atoms with Gasteiger partial charge >= 0.3 is 0 Å². The van der Waals surface area contributed by atoms with Gasteiger partial charge < -0.3 is 19.9 Å². The Hall–Kier alpha value is -2.26. The monoisotopic (exact) mass is 345 g/mol. The molecule has 2 N–H and O–H groups in total. The SMILES string of the molecule is COc1cccc(N2CC[NH+](CC(=O)N[C@@](C)(C#N)C(C)C)CC2)c1. The van der Waals surface area contributed by atoms with E-state index in [1.165, 1.54) is 4.90 Å². The second-order valence-electron chi connectivity index (χ2n) is 7.13. The highest BCUT2D eigenvalue weighted by Gasteiger charge is 2.31. The van der Waals surface area contributed by atoms with Crippen molar-refractivity contribution in [2.45, 2.75) is 26.3 Å². The van der Waals surface area contributed by atoms with Gasteiger partial charge in [0.05, 0.1) is 39.4 Å².